The fourth-order valence-corrected chi connectivity index (χ4v) is 3.72. The third-order valence-electron chi connectivity index (χ3n) is 5.13. The summed E-state index contributed by atoms with van der Waals surface area (Å²) in [4.78, 5) is 12.7. The van der Waals surface area contributed by atoms with E-state index in [1.54, 1.807) is 12.1 Å². The summed E-state index contributed by atoms with van der Waals surface area (Å²) in [6, 6.07) is 16.2. The molecule has 1 heterocycles. The first-order valence-electron chi connectivity index (χ1n) is 9.90. The zero-order valence-corrected chi connectivity index (χ0v) is 16.7. The second-order valence-corrected chi connectivity index (χ2v) is 7.69. The lowest BCUT2D eigenvalue weighted by Crippen LogP contribution is -2.44. The molecule has 1 aromatic heterocycles. The van der Waals surface area contributed by atoms with Crippen molar-refractivity contribution < 1.29 is 9.21 Å². The molecule has 2 N–H and O–H groups in total. The van der Waals surface area contributed by atoms with Gasteiger partial charge in [-0.3, -0.25) is 0 Å². The Labute approximate surface area is 174 Å². The van der Waals surface area contributed by atoms with Crippen molar-refractivity contribution in [1.29, 1.82) is 0 Å². The van der Waals surface area contributed by atoms with Crippen molar-refractivity contribution in [3.8, 4) is 11.5 Å². The smallest absolute Gasteiger partial charge is 0.315 e. The highest BCUT2D eigenvalue weighted by Gasteiger charge is 2.25. The first-order valence-corrected chi connectivity index (χ1v) is 10.3. The molecule has 29 heavy (non-hydrogen) atoms. The van der Waals surface area contributed by atoms with Crippen LogP contribution in [0.25, 0.3) is 11.5 Å². The van der Waals surface area contributed by atoms with Crippen LogP contribution >= 0.6 is 11.6 Å². The molecule has 1 aliphatic rings. The van der Waals surface area contributed by atoms with E-state index in [4.69, 9.17) is 16.0 Å². The third kappa shape index (κ3) is 4.95. The number of halogens is 1. The molecule has 1 aliphatic carbocycles. The Balaban J connectivity index is 1.56. The standard InChI is InChI=1S/C22H23ClN4O2/c23-17-13-11-15(12-14-17)19(25-22(28)24-18-9-5-2-6-10-18)21-27-26-20(29-21)16-7-3-1-4-8-16/h1,3-4,7-8,11-14,18-19H,2,5-6,9-10H2,(H2,24,25,28). The molecule has 0 radical (unpaired) electrons. The maximum Gasteiger partial charge on any atom is 0.315 e. The number of aromatic nitrogens is 2. The number of rotatable bonds is 5. The van der Waals surface area contributed by atoms with Gasteiger partial charge in [0.2, 0.25) is 11.8 Å². The Morgan fingerprint density at radius 1 is 1.00 bits per heavy atom. The average molecular weight is 411 g/mol. The monoisotopic (exact) mass is 410 g/mol. The van der Waals surface area contributed by atoms with E-state index in [2.05, 4.69) is 20.8 Å². The molecule has 0 saturated heterocycles. The zero-order chi connectivity index (χ0) is 20.1. The van der Waals surface area contributed by atoms with Crippen molar-refractivity contribution in [1.82, 2.24) is 20.8 Å². The summed E-state index contributed by atoms with van der Waals surface area (Å²) < 4.78 is 5.91. The highest BCUT2D eigenvalue weighted by atomic mass is 35.5. The van der Waals surface area contributed by atoms with Gasteiger partial charge in [0.1, 0.15) is 6.04 Å². The second-order valence-electron chi connectivity index (χ2n) is 7.25. The lowest BCUT2D eigenvalue weighted by Gasteiger charge is -2.24. The van der Waals surface area contributed by atoms with Gasteiger partial charge in [-0.1, -0.05) is 61.2 Å². The van der Waals surface area contributed by atoms with Gasteiger partial charge in [0, 0.05) is 16.6 Å². The van der Waals surface area contributed by atoms with Gasteiger partial charge in [-0.2, -0.15) is 0 Å². The molecule has 6 nitrogen and oxygen atoms in total. The van der Waals surface area contributed by atoms with Crippen LogP contribution < -0.4 is 10.6 Å². The van der Waals surface area contributed by atoms with Gasteiger partial charge in [0.15, 0.2) is 0 Å². The summed E-state index contributed by atoms with van der Waals surface area (Å²) in [5, 5.41) is 15.0. The maximum atomic E-state index is 12.7. The quantitative estimate of drug-likeness (QED) is 0.612. The van der Waals surface area contributed by atoms with Gasteiger partial charge >= 0.3 is 6.03 Å². The van der Waals surface area contributed by atoms with E-state index in [0.29, 0.717) is 16.8 Å². The van der Waals surface area contributed by atoms with Crippen LogP contribution in [0.4, 0.5) is 4.79 Å². The highest BCUT2D eigenvalue weighted by Crippen LogP contribution is 2.26. The second kappa shape index (κ2) is 9.09. The summed E-state index contributed by atoms with van der Waals surface area (Å²) >= 11 is 6.03. The SMILES string of the molecule is O=C(NC1CCCCC1)NC(c1ccc(Cl)cc1)c1nnc(-c2ccccc2)o1. The number of hydrogen-bond acceptors (Lipinski definition) is 4. The summed E-state index contributed by atoms with van der Waals surface area (Å²) in [7, 11) is 0. The molecule has 1 fully saturated rings. The molecule has 3 aromatic rings. The van der Waals surface area contributed by atoms with Crippen LogP contribution in [0.2, 0.25) is 5.02 Å². The van der Waals surface area contributed by atoms with Crippen molar-refractivity contribution in [3.63, 3.8) is 0 Å². The van der Waals surface area contributed by atoms with Crippen molar-refractivity contribution in [2.24, 2.45) is 0 Å². The van der Waals surface area contributed by atoms with Gasteiger partial charge < -0.3 is 15.1 Å². The predicted molar refractivity (Wildman–Crippen MR) is 112 cm³/mol. The molecule has 2 amide bonds. The van der Waals surface area contributed by atoms with E-state index in [1.807, 2.05) is 42.5 Å². The maximum absolute atomic E-state index is 12.7. The number of carbonyl (C=O) groups excluding carboxylic acids is 1. The summed E-state index contributed by atoms with van der Waals surface area (Å²) in [5.74, 6) is 0.735. The Kier molecular flexibility index (Phi) is 6.10. The van der Waals surface area contributed by atoms with Crippen molar-refractivity contribution >= 4 is 17.6 Å². The van der Waals surface area contributed by atoms with Gasteiger partial charge in [-0.15, -0.1) is 10.2 Å². The number of hydrogen-bond donors (Lipinski definition) is 2. The van der Waals surface area contributed by atoms with Crippen molar-refractivity contribution in [2.45, 2.75) is 44.2 Å². The van der Waals surface area contributed by atoms with Crippen LogP contribution in [0.3, 0.4) is 0 Å². The number of nitrogens with zero attached hydrogens (tertiary/aromatic N) is 2. The molecule has 1 atom stereocenters. The summed E-state index contributed by atoms with van der Waals surface area (Å²) in [6.45, 7) is 0. The molecule has 4 rings (SSSR count). The lowest BCUT2D eigenvalue weighted by atomic mass is 9.96. The fraction of sp³-hybridized carbons (Fsp3) is 0.318. The van der Waals surface area contributed by atoms with Gasteiger partial charge in [-0.05, 0) is 42.7 Å². The minimum Gasteiger partial charge on any atom is -0.418 e. The minimum absolute atomic E-state index is 0.206. The van der Waals surface area contributed by atoms with E-state index in [0.717, 1.165) is 36.8 Å². The third-order valence-corrected chi connectivity index (χ3v) is 5.38. The first-order chi connectivity index (χ1) is 14.2. The van der Waals surface area contributed by atoms with E-state index in [-0.39, 0.29) is 12.1 Å². The van der Waals surface area contributed by atoms with Gasteiger partial charge in [-0.25, -0.2) is 4.79 Å². The Bertz CT molecular complexity index is 937. The zero-order valence-electron chi connectivity index (χ0n) is 16.0. The molecule has 1 unspecified atom stereocenters. The molecule has 2 aromatic carbocycles. The topological polar surface area (TPSA) is 80.0 Å². The lowest BCUT2D eigenvalue weighted by molar-refractivity contribution is 0.228. The largest absolute Gasteiger partial charge is 0.418 e. The molecule has 150 valence electrons. The minimum atomic E-state index is -0.569. The van der Waals surface area contributed by atoms with Crippen LogP contribution in [-0.2, 0) is 0 Å². The van der Waals surface area contributed by atoms with Crippen LogP contribution in [0.1, 0.15) is 49.6 Å². The van der Waals surface area contributed by atoms with Gasteiger partial charge in [0.25, 0.3) is 0 Å². The average Bonchev–Trinajstić information content (AvgIpc) is 3.24. The predicted octanol–water partition coefficient (Wildman–Crippen LogP) is 5.11. The van der Waals surface area contributed by atoms with Crippen LogP contribution in [-0.4, -0.2) is 22.3 Å². The van der Waals surface area contributed by atoms with E-state index >= 15 is 0 Å². The van der Waals surface area contributed by atoms with Crippen molar-refractivity contribution in [2.75, 3.05) is 0 Å². The van der Waals surface area contributed by atoms with E-state index in [9.17, 15) is 4.79 Å². The Hall–Kier alpha value is -2.86. The number of amides is 2. The number of benzene rings is 2. The molecular weight excluding hydrogens is 388 g/mol. The fourth-order valence-electron chi connectivity index (χ4n) is 3.60. The first kappa shape index (κ1) is 19.5. The number of nitrogens with one attached hydrogen (secondary N) is 2. The van der Waals surface area contributed by atoms with Crippen LogP contribution in [0.15, 0.2) is 59.0 Å². The highest BCUT2D eigenvalue weighted by molar-refractivity contribution is 6.30. The Morgan fingerprint density at radius 3 is 2.45 bits per heavy atom. The normalized spacial score (nSPS) is 15.6. The van der Waals surface area contributed by atoms with Crippen molar-refractivity contribution in [3.05, 3.63) is 71.1 Å². The summed E-state index contributed by atoms with van der Waals surface area (Å²) in [6.07, 6.45) is 5.55. The van der Waals surface area contributed by atoms with Crippen LogP contribution in [0.5, 0.6) is 0 Å². The molecule has 1 saturated carbocycles. The molecule has 0 bridgehead atoms. The number of carbonyl (C=O) groups is 1. The molecule has 0 aliphatic heterocycles. The molecular formula is C22H23ClN4O2. The van der Waals surface area contributed by atoms with E-state index in [1.165, 1.54) is 6.42 Å². The molecule has 0 spiro atoms. The van der Waals surface area contributed by atoms with E-state index < -0.39 is 6.04 Å². The van der Waals surface area contributed by atoms with Crippen LogP contribution in [0, 0.1) is 0 Å². The molecule has 7 heteroatoms. The number of urea groups is 1. The summed E-state index contributed by atoms with van der Waals surface area (Å²) in [5.41, 5.74) is 1.64. The Morgan fingerprint density at radius 2 is 1.72 bits per heavy atom. The van der Waals surface area contributed by atoms with Gasteiger partial charge in [0.05, 0.1) is 0 Å².